The summed E-state index contributed by atoms with van der Waals surface area (Å²) in [5.41, 5.74) is -2.55. The number of hydrogen-bond acceptors (Lipinski definition) is 7. The van der Waals surface area contributed by atoms with Crippen molar-refractivity contribution < 1.29 is 8.85 Å². The monoisotopic (exact) mass is 449 g/mol. The lowest BCUT2D eigenvalue weighted by Crippen LogP contribution is -2.33. The summed E-state index contributed by atoms with van der Waals surface area (Å²) in [6, 6.07) is 4.08. The first-order valence-electron chi connectivity index (χ1n) is 9.93. The molecule has 3 aromatic rings. The van der Waals surface area contributed by atoms with Gasteiger partial charge >= 0.3 is 5.69 Å². The van der Waals surface area contributed by atoms with E-state index in [4.69, 9.17) is 37.3 Å². The number of rotatable bonds is 3. The summed E-state index contributed by atoms with van der Waals surface area (Å²) in [5, 5.41) is 18.6. The van der Waals surface area contributed by atoms with E-state index in [-0.39, 0.29) is 45.8 Å². The Morgan fingerprint density at radius 2 is 2.03 bits per heavy atom. The summed E-state index contributed by atoms with van der Waals surface area (Å²) in [6.45, 7) is -2.37. The normalized spacial score (nSPS) is 16.8. The second kappa shape index (κ2) is 7.44. The van der Waals surface area contributed by atoms with E-state index in [9.17, 15) is 14.4 Å². The van der Waals surface area contributed by atoms with E-state index in [1.807, 2.05) is 4.98 Å². The third-order valence-corrected chi connectivity index (χ3v) is 5.04. The number of benzene rings is 1. The Balaban J connectivity index is 1.77. The molecular weight excluding hydrogens is 435 g/mol. The highest BCUT2D eigenvalue weighted by Crippen LogP contribution is 2.41. The van der Waals surface area contributed by atoms with Crippen LogP contribution in [0.2, 0.25) is 10.0 Å². The Morgan fingerprint density at radius 3 is 2.70 bits per heavy atom. The average molecular weight is 450 g/mol. The molecule has 12 heteroatoms. The second-order valence-electron chi connectivity index (χ2n) is 6.31. The summed E-state index contributed by atoms with van der Waals surface area (Å²) < 4.78 is 29.5. The van der Waals surface area contributed by atoms with Gasteiger partial charge in [-0.2, -0.15) is 9.94 Å². The maximum atomic E-state index is 12.3. The molecule has 2 aromatic heterocycles. The maximum absolute atomic E-state index is 12.3. The van der Waals surface area contributed by atoms with Gasteiger partial charge in [0.25, 0.3) is 11.1 Å². The van der Waals surface area contributed by atoms with Crippen molar-refractivity contribution in [1.29, 1.82) is 5.26 Å². The van der Waals surface area contributed by atoms with E-state index in [2.05, 4.69) is 15.3 Å². The Morgan fingerprint density at radius 1 is 1.30 bits per heavy atom. The van der Waals surface area contributed by atoms with Crippen LogP contribution in [0.4, 0.5) is 0 Å². The van der Waals surface area contributed by atoms with Crippen molar-refractivity contribution in [1.82, 2.24) is 25.0 Å². The van der Waals surface area contributed by atoms with E-state index in [1.54, 1.807) is 6.07 Å². The summed E-state index contributed by atoms with van der Waals surface area (Å²) in [6.07, 6.45) is 0.477. The minimum atomic E-state index is -2.37. The Hall–Kier alpha value is -3.42. The van der Waals surface area contributed by atoms with Crippen LogP contribution in [0, 0.1) is 11.3 Å². The van der Waals surface area contributed by atoms with Crippen molar-refractivity contribution in [2.75, 3.05) is 0 Å². The fourth-order valence-corrected chi connectivity index (χ4v) is 3.67. The molecule has 0 unspecified atom stereocenters. The van der Waals surface area contributed by atoms with Crippen LogP contribution in [0.5, 0.6) is 11.6 Å². The van der Waals surface area contributed by atoms with Gasteiger partial charge in [0.2, 0.25) is 11.6 Å². The number of nitrogens with one attached hydrogen (secondary N) is 2. The molecule has 0 radical (unpaired) electrons. The number of ether oxygens (including phenoxy) is 1. The number of fused-ring (bicyclic) bond motifs is 1. The van der Waals surface area contributed by atoms with Crippen molar-refractivity contribution in [3.8, 4) is 23.4 Å². The van der Waals surface area contributed by atoms with E-state index in [0.717, 1.165) is 4.68 Å². The lowest BCUT2D eigenvalue weighted by molar-refractivity contribution is 0.448. The molecule has 1 aliphatic carbocycles. The van der Waals surface area contributed by atoms with E-state index in [1.165, 1.54) is 12.1 Å². The van der Waals surface area contributed by atoms with Gasteiger partial charge in [-0.3, -0.25) is 14.6 Å². The van der Waals surface area contributed by atoms with Crippen molar-refractivity contribution in [3.63, 3.8) is 0 Å². The maximum Gasteiger partial charge on any atom is 0.349 e. The largest absolute Gasteiger partial charge is 0.434 e. The van der Waals surface area contributed by atoms with Gasteiger partial charge in [0.15, 0.2) is 5.75 Å². The van der Waals surface area contributed by atoms with Gasteiger partial charge in [-0.1, -0.05) is 30.1 Å². The van der Waals surface area contributed by atoms with Crippen molar-refractivity contribution in [2.45, 2.75) is 25.6 Å². The molecule has 152 valence electrons. The molecule has 0 spiro atoms. The summed E-state index contributed by atoms with van der Waals surface area (Å²) in [5.74, 6) is -1.08. The minimum absolute atomic E-state index is 0.0391. The standard InChI is InChI=1S/C18H12Cl2N6O4/c1-7-2-3-9-13(7)16(28)23-24-17(9)30-14-10(19)4-8(5-11(14)20)26-18(29)22-15(27)12(6-21)25-26/h4-5,7H,2-3H2,1H3,(H,23,28)(H,22,27,29)/t7-/m0/s1/i1D3. The molecule has 0 bridgehead atoms. The molecule has 1 aromatic carbocycles. The van der Waals surface area contributed by atoms with Crippen LogP contribution in [0.3, 0.4) is 0 Å². The smallest absolute Gasteiger partial charge is 0.349 e. The fourth-order valence-electron chi connectivity index (χ4n) is 3.12. The number of H-pyrrole nitrogens is 2. The van der Waals surface area contributed by atoms with E-state index in [0.29, 0.717) is 5.56 Å². The zero-order valence-electron chi connectivity index (χ0n) is 17.8. The van der Waals surface area contributed by atoms with Gasteiger partial charge in [-0.05, 0) is 30.9 Å². The van der Waals surface area contributed by atoms with Crippen LogP contribution in [0.25, 0.3) is 5.69 Å². The summed E-state index contributed by atoms with van der Waals surface area (Å²) in [4.78, 5) is 37.9. The molecule has 4 rings (SSSR count). The molecule has 1 atom stereocenters. The molecule has 1 aliphatic rings. The van der Waals surface area contributed by atoms with Crippen LogP contribution in [-0.2, 0) is 6.42 Å². The molecule has 0 amide bonds. The molecule has 0 aliphatic heterocycles. The lowest BCUT2D eigenvalue weighted by atomic mass is 10.1. The number of hydrogen-bond donors (Lipinski definition) is 2. The number of nitrogens with zero attached hydrogens (tertiary/aromatic N) is 4. The van der Waals surface area contributed by atoms with Crippen LogP contribution in [0.15, 0.2) is 26.5 Å². The molecule has 0 saturated carbocycles. The quantitative estimate of drug-likeness (QED) is 0.621. The third-order valence-electron chi connectivity index (χ3n) is 4.48. The van der Waals surface area contributed by atoms with E-state index < -0.39 is 35.3 Å². The van der Waals surface area contributed by atoms with Crippen molar-refractivity contribution in [2.24, 2.45) is 0 Å². The molecule has 0 fully saturated rings. The van der Waals surface area contributed by atoms with Crippen LogP contribution < -0.4 is 21.5 Å². The van der Waals surface area contributed by atoms with Gasteiger partial charge in [0.1, 0.15) is 6.07 Å². The zero-order chi connectivity index (χ0) is 24.1. The third kappa shape index (κ3) is 3.28. The van der Waals surface area contributed by atoms with Crippen LogP contribution in [0.1, 0.15) is 40.1 Å². The highest BCUT2D eigenvalue weighted by Gasteiger charge is 2.27. The Kier molecular flexibility index (Phi) is 4.06. The summed E-state index contributed by atoms with van der Waals surface area (Å²) in [7, 11) is 0. The van der Waals surface area contributed by atoms with Crippen LogP contribution >= 0.6 is 23.2 Å². The SMILES string of the molecule is [2H]C([2H])([2H])[C@H]1CCc2c(Oc3c(Cl)cc(-n4nc(C#N)c(=O)[nH]c4=O)cc3Cl)n[nH]c(=O)c21. The first-order chi connectivity index (χ1) is 15.5. The van der Waals surface area contributed by atoms with Crippen LogP contribution in [-0.4, -0.2) is 25.0 Å². The first-order valence-corrected chi connectivity index (χ1v) is 9.19. The highest BCUT2D eigenvalue weighted by atomic mass is 35.5. The number of halogens is 2. The van der Waals surface area contributed by atoms with Gasteiger partial charge in [-0.25, -0.2) is 9.89 Å². The Bertz CT molecular complexity index is 1480. The number of nitriles is 1. The van der Waals surface area contributed by atoms with Gasteiger partial charge in [-0.15, -0.1) is 10.2 Å². The average Bonchev–Trinajstić information content (AvgIpc) is 3.19. The molecule has 10 nitrogen and oxygen atoms in total. The van der Waals surface area contributed by atoms with E-state index >= 15 is 0 Å². The predicted octanol–water partition coefficient (Wildman–Crippen LogP) is 2.02. The zero-order valence-corrected chi connectivity index (χ0v) is 16.3. The van der Waals surface area contributed by atoms with Crippen molar-refractivity contribution >= 4 is 23.2 Å². The number of aromatic nitrogens is 5. The molecule has 0 saturated heterocycles. The Labute approximate surface area is 181 Å². The highest BCUT2D eigenvalue weighted by molar-refractivity contribution is 6.37. The van der Waals surface area contributed by atoms with Gasteiger partial charge in [0.05, 0.1) is 15.7 Å². The fraction of sp³-hybridized carbons (Fsp3) is 0.222. The molecule has 2 heterocycles. The topological polar surface area (TPSA) is 147 Å². The van der Waals surface area contributed by atoms with Gasteiger partial charge < -0.3 is 4.74 Å². The van der Waals surface area contributed by atoms with Gasteiger partial charge in [0, 0.05) is 15.2 Å². The lowest BCUT2D eigenvalue weighted by Gasteiger charge is -2.13. The summed E-state index contributed by atoms with van der Waals surface area (Å²) >= 11 is 12.6. The molecule has 2 N–H and O–H groups in total. The second-order valence-corrected chi connectivity index (χ2v) is 7.13. The predicted molar refractivity (Wildman–Crippen MR) is 107 cm³/mol. The molecular formula is C18H12Cl2N6O4. The first kappa shape index (κ1) is 16.4. The molecule has 30 heavy (non-hydrogen) atoms. The number of aromatic amines is 2. The minimum Gasteiger partial charge on any atom is -0.434 e. The van der Waals surface area contributed by atoms with Crippen molar-refractivity contribution in [3.05, 3.63) is 70.2 Å².